The Balaban J connectivity index is 1.91. The standard InChI is InChI=1S/C23H22FN4O/c1-28(15-25)20-11-5-3-9-18(20)22(17-8-2-4-10-19(17)24)27-14-21(28)23(29)16-7-6-12-26-13-16/h2-13,21H,14-15,25H2,1H3/q+1. The summed E-state index contributed by atoms with van der Waals surface area (Å²) in [4.78, 5) is 22.2. The number of para-hydroxylation sites is 1. The molecule has 1 aromatic heterocycles. The molecule has 0 fully saturated rings. The van der Waals surface area contributed by atoms with Gasteiger partial charge in [-0.2, -0.15) is 0 Å². The van der Waals surface area contributed by atoms with Crippen molar-refractivity contribution in [3.05, 3.63) is 95.6 Å². The van der Waals surface area contributed by atoms with Gasteiger partial charge in [-0.15, -0.1) is 0 Å². The Morgan fingerprint density at radius 1 is 1.10 bits per heavy atom. The number of rotatable bonds is 4. The number of likely N-dealkylation sites (N-methyl/N-ethyl adjacent to an activating group) is 1. The average Bonchev–Trinajstić information content (AvgIpc) is 2.89. The Labute approximate surface area is 168 Å². The van der Waals surface area contributed by atoms with Crippen LogP contribution in [0.3, 0.4) is 0 Å². The molecule has 0 spiro atoms. The molecular formula is C23H22FN4O+. The molecule has 2 N–H and O–H groups in total. The van der Waals surface area contributed by atoms with Gasteiger partial charge >= 0.3 is 0 Å². The second kappa shape index (κ2) is 7.66. The third kappa shape index (κ3) is 3.26. The normalized spacial score (nSPS) is 21.1. The molecule has 0 aliphatic carbocycles. The largest absolute Gasteiger partial charge is 0.287 e. The number of nitrogens with two attached hydrogens (primary N) is 1. The van der Waals surface area contributed by atoms with Crippen molar-refractivity contribution in [2.24, 2.45) is 10.7 Å². The average molecular weight is 389 g/mol. The number of nitrogens with zero attached hydrogens (tertiary/aromatic N) is 3. The number of halogens is 1. The van der Waals surface area contributed by atoms with Gasteiger partial charge in [-0.05, 0) is 36.4 Å². The highest BCUT2D eigenvalue weighted by Crippen LogP contribution is 2.34. The van der Waals surface area contributed by atoms with Crippen molar-refractivity contribution in [3.8, 4) is 0 Å². The fourth-order valence-electron chi connectivity index (χ4n) is 3.88. The fourth-order valence-corrected chi connectivity index (χ4v) is 3.88. The first kappa shape index (κ1) is 19.1. The van der Waals surface area contributed by atoms with Crippen LogP contribution in [0.5, 0.6) is 0 Å². The summed E-state index contributed by atoms with van der Waals surface area (Å²) in [6.45, 7) is 0.396. The van der Waals surface area contributed by atoms with Gasteiger partial charge in [-0.3, -0.25) is 25.0 Å². The van der Waals surface area contributed by atoms with Crippen molar-refractivity contribution in [2.75, 3.05) is 20.3 Å². The molecule has 146 valence electrons. The van der Waals surface area contributed by atoms with E-state index in [9.17, 15) is 9.18 Å². The second-order valence-corrected chi connectivity index (χ2v) is 7.26. The van der Waals surface area contributed by atoms with Crippen LogP contribution in [-0.4, -0.2) is 42.8 Å². The van der Waals surface area contributed by atoms with E-state index in [4.69, 9.17) is 10.7 Å². The van der Waals surface area contributed by atoms with Gasteiger partial charge in [0.1, 0.15) is 18.2 Å². The highest BCUT2D eigenvalue weighted by Gasteiger charge is 2.43. The number of carbonyl (C=O) groups is 1. The number of fused-ring (bicyclic) bond motifs is 1. The number of benzodiazepines with no additional fused rings is 1. The number of pyridine rings is 1. The van der Waals surface area contributed by atoms with Crippen molar-refractivity contribution in [1.82, 2.24) is 9.47 Å². The highest BCUT2D eigenvalue weighted by molar-refractivity contribution is 6.17. The molecule has 5 nitrogen and oxygen atoms in total. The van der Waals surface area contributed by atoms with Gasteiger partial charge < -0.3 is 0 Å². The van der Waals surface area contributed by atoms with Gasteiger partial charge in [0.2, 0.25) is 5.78 Å². The van der Waals surface area contributed by atoms with E-state index in [2.05, 4.69) is 4.98 Å². The number of Topliss-reactive ketones (excluding diaryl/α,β-unsaturated/α-hetero) is 1. The molecule has 0 amide bonds. The first-order valence-electron chi connectivity index (χ1n) is 9.45. The SMILES string of the molecule is C[N+]1(CN)c2ccccc2C(c2ccccc2F)=NCC1C(=O)c1cccnc1. The number of aromatic nitrogens is 1. The number of hydrogen-bond donors (Lipinski definition) is 1. The van der Waals surface area contributed by atoms with E-state index in [1.54, 1.807) is 42.7 Å². The maximum atomic E-state index is 14.6. The van der Waals surface area contributed by atoms with Crippen molar-refractivity contribution < 1.29 is 9.18 Å². The topological polar surface area (TPSA) is 68.3 Å². The van der Waals surface area contributed by atoms with Crippen LogP contribution in [0, 0.1) is 5.82 Å². The van der Waals surface area contributed by atoms with Gasteiger partial charge in [0, 0.05) is 23.5 Å². The Hall–Kier alpha value is -3.22. The van der Waals surface area contributed by atoms with Gasteiger partial charge in [-0.1, -0.05) is 24.3 Å². The number of benzene rings is 2. The Morgan fingerprint density at radius 3 is 2.52 bits per heavy atom. The van der Waals surface area contributed by atoms with E-state index in [0.717, 1.165) is 11.3 Å². The zero-order chi connectivity index (χ0) is 20.4. The minimum absolute atomic E-state index is 0.0839. The van der Waals surface area contributed by atoms with Crippen LogP contribution in [0.15, 0.2) is 78.0 Å². The van der Waals surface area contributed by atoms with Crippen LogP contribution in [-0.2, 0) is 0 Å². The van der Waals surface area contributed by atoms with Crippen LogP contribution in [0.4, 0.5) is 10.1 Å². The molecule has 0 bridgehead atoms. The van der Waals surface area contributed by atoms with Crippen LogP contribution in [0.2, 0.25) is 0 Å². The summed E-state index contributed by atoms with van der Waals surface area (Å²) in [5.41, 5.74) is 9.32. The van der Waals surface area contributed by atoms with Crippen LogP contribution in [0.1, 0.15) is 21.5 Å². The lowest BCUT2D eigenvalue weighted by Crippen LogP contribution is -2.61. The third-order valence-electron chi connectivity index (χ3n) is 5.58. The molecule has 0 radical (unpaired) electrons. The summed E-state index contributed by atoms with van der Waals surface area (Å²) in [6, 6.07) is 17.1. The molecule has 1 aliphatic rings. The van der Waals surface area contributed by atoms with Crippen molar-refractivity contribution in [3.63, 3.8) is 0 Å². The summed E-state index contributed by atoms with van der Waals surface area (Å²) in [5.74, 6) is -0.431. The molecule has 2 unspecified atom stereocenters. The maximum absolute atomic E-state index is 14.6. The quantitative estimate of drug-likeness (QED) is 0.550. The zero-order valence-electron chi connectivity index (χ0n) is 16.1. The lowest BCUT2D eigenvalue weighted by molar-refractivity contribution is 0.0867. The number of ketones is 1. The van der Waals surface area contributed by atoms with Crippen LogP contribution in [0.25, 0.3) is 0 Å². The molecule has 6 heteroatoms. The lowest BCUT2D eigenvalue weighted by atomic mass is 9.98. The van der Waals surface area contributed by atoms with E-state index < -0.39 is 6.04 Å². The number of quaternary nitrogens is 1. The first-order valence-corrected chi connectivity index (χ1v) is 9.45. The zero-order valence-corrected chi connectivity index (χ0v) is 16.1. The fraction of sp³-hybridized carbons (Fsp3) is 0.174. The summed E-state index contributed by atoms with van der Waals surface area (Å²) >= 11 is 0. The minimum Gasteiger partial charge on any atom is -0.287 e. The summed E-state index contributed by atoms with van der Waals surface area (Å²) in [5, 5.41) is 0. The summed E-state index contributed by atoms with van der Waals surface area (Å²) in [7, 11) is 1.93. The molecule has 2 aromatic carbocycles. The Kier molecular flexibility index (Phi) is 5.05. The predicted molar refractivity (Wildman–Crippen MR) is 112 cm³/mol. The molecule has 4 rings (SSSR count). The molecule has 3 aromatic rings. The third-order valence-corrected chi connectivity index (χ3v) is 5.58. The van der Waals surface area contributed by atoms with E-state index in [1.165, 1.54) is 6.07 Å². The molecule has 1 aliphatic heterocycles. The van der Waals surface area contributed by atoms with Crippen LogP contribution >= 0.6 is 0 Å². The molecular weight excluding hydrogens is 367 g/mol. The predicted octanol–water partition coefficient (Wildman–Crippen LogP) is 3.18. The minimum atomic E-state index is -0.547. The van der Waals surface area contributed by atoms with Gasteiger partial charge in [0.25, 0.3) is 0 Å². The smallest absolute Gasteiger partial charge is 0.223 e. The molecule has 0 saturated carbocycles. The first-order chi connectivity index (χ1) is 14.1. The molecule has 0 saturated heterocycles. The summed E-state index contributed by atoms with van der Waals surface area (Å²) < 4.78 is 14.8. The number of hydrogen-bond acceptors (Lipinski definition) is 4. The lowest BCUT2D eigenvalue weighted by Gasteiger charge is -2.38. The monoisotopic (exact) mass is 389 g/mol. The number of carbonyl (C=O) groups excluding carboxylic acids is 1. The van der Waals surface area contributed by atoms with E-state index >= 15 is 0 Å². The maximum Gasteiger partial charge on any atom is 0.223 e. The van der Waals surface area contributed by atoms with Crippen molar-refractivity contribution in [1.29, 1.82) is 0 Å². The molecule has 29 heavy (non-hydrogen) atoms. The van der Waals surface area contributed by atoms with Crippen LogP contribution < -0.4 is 10.2 Å². The second-order valence-electron chi connectivity index (χ2n) is 7.26. The van der Waals surface area contributed by atoms with E-state index in [1.807, 2.05) is 31.3 Å². The van der Waals surface area contributed by atoms with Gasteiger partial charge in [-0.25, -0.2) is 4.39 Å². The molecule has 2 atom stereocenters. The Bertz CT molecular complexity index is 1080. The van der Waals surface area contributed by atoms with E-state index in [-0.39, 0.29) is 29.3 Å². The summed E-state index contributed by atoms with van der Waals surface area (Å²) in [6.07, 6.45) is 3.19. The van der Waals surface area contributed by atoms with Crippen molar-refractivity contribution in [2.45, 2.75) is 6.04 Å². The van der Waals surface area contributed by atoms with Gasteiger partial charge in [0.15, 0.2) is 6.04 Å². The Morgan fingerprint density at radius 2 is 1.83 bits per heavy atom. The van der Waals surface area contributed by atoms with Gasteiger partial charge in [0.05, 0.1) is 24.9 Å². The van der Waals surface area contributed by atoms with E-state index in [0.29, 0.717) is 16.8 Å². The van der Waals surface area contributed by atoms with Crippen molar-refractivity contribution >= 4 is 17.2 Å². The molecule has 2 heterocycles. The number of aliphatic imine (C=N–C) groups is 1. The highest BCUT2D eigenvalue weighted by atomic mass is 19.1.